The number of alkyl halides is 3. The second-order valence-electron chi connectivity index (χ2n) is 8.38. The molecule has 1 atom stereocenters. The molecule has 9 nitrogen and oxygen atoms in total. The van der Waals surface area contributed by atoms with Crippen LogP contribution in [0.15, 0.2) is 35.4 Å². The molecule has 2 fully saturated rings. The first-order valence-corrected chi connectivity index (χ1v) is 10.6. The third kappa shape index (κ3) is 3.68. The van der Waals surface area contributed by atoms with Crippen molar-refractivity contribution < 1.29 is 18.0 Å². The minimum atomic E-state index is -2.93. The van der Waals surface area contributed by atoms with Gasteiger partial charge in [-0.2, -0.15) is 9.61 Å². The summed E-state index contributed by atoms with van der Waals surface area (Å²) in [6, 6.07) is 3.46. The Morgan fingerprint density at radius 3 is 2.73 bits per heavy atom. The van der Waals surface area contributed by atoms with Crippen LogP contribution in [0.4, 0.5) is 30.5 Å². The van der Waals surface area contributed by atoms with Gasteiger partial charge in [-0.15, -0.1) is 0 Å². The van der Waals surface area contributed by atoms with E-state index in [0.717, 1.165) is 0 Å². The van der Waals surface area contributed by atoms with E-state index >= 15 is 0 Å². The zero-order chi connectivity index (χ0) is 23.3. The highest BCUT2D eigenvalue weighted by molar-refractivity contribution is 6.00. The Morgan fingerprint density at radius 1 is 1.30 bits per heavy atom. The van der Waals surface area contributed by atoms with Crippen molar-refractivity contribution in [2.45, 2.75) is 49.9 Å². The molecule has 174 valence electrons. The van der Waals surface area contributed by atoms with Gasteiger partial charge in [0.15, 0.2) is 5.65 Å². The van der Waals surface area contributed by atoms with Crippen LogP contribution in [0.5, 0.6) is 0 Å². The summed E-state index contributed by atoms with van der Waals surface area (Å²) >= 11 is 0. The molecule has 33 heavy (non-hydrogen) atoms. The van der Waals surface area contributed by atoms with Gasteiger partial charge in [-0.1, -0.05) is 0 Å². The van der Waals surface area contributed by atoms with Crippen molar-refractivity contribution >= 4 is 28.9 Å². The zero-order valence-corrected chi connectivity index (χ0v) is 17.7. The van der Waals surface area contributed by atoms with Gasteiger partial charge in [-0.05, 0) is 31.4 Å². The van der Waals surface area contributed by atoms with E-state index in [2.05, 4.69) is 26.0 Å². The third-order valence-electron chi connectivity index (χ3n) is 6.24. The lowest BCUT2D eigenvalue weighted by molar-refractivity contribution is -0.102. The molecule has 1 amide bonds. The largest absolute Gasteiger partial charge is 0.373 e. The Morgan fingerprint density at radius 2 is 2.09 bits per heavy atom. The molecule has 3 N–H and O–H groups in total. The number of anilines is 3. The standard InChI is InChI=1S/C21H22F3N7O2/c1-25-17-9-16(27-14-3-2-6-30(20(14)33)12-7-11(22)8-12)29-18-13(10-26-31(17)18)19(32)28-15-4-5-21(15,23)24/h2-3,6,9-12,15,25H,4-5,7-8H2,1H3,(H,27,29)(H,28,32)/t11?,12?,15-/m0/s1. The van der Waals surface area contributed by atoms with Crippen LogP contribution in [0.1, 0.15) is 42.1 Å². The van der Waals surface area contributed by atoms with Gasteiger partial charge in [0.2, 0.25) is 0 Å². The number of nitrogens with one attached hydrogen (secondary N) is 3. The molecule has 2 aliphatic carbocycles. The average Bonchev–Trinajstić information content (AvgIpc) is 3.19. The minimum absolute atomic E-state index is 0.0341. The first kappa shape index (κ1) is 21.3. The molecule has 0 radical (unpaired) electrons. The fourth-order valence-corrected chi connectivity index (χ4v) is 4.07. The molecule has 2 aliphatic rings. The fourth-order valence-electron chi connectivity index (χ4n) is 4.07. The summed E-state index contributed by atoms with van der Waals surface area (Å²) < 4.78 is 43.3. The molecule has 0 bridgehead atoms. The van der Waals surface area contributed by atoms with Crippen molar-refractivity contribution in [3.63, 3.8) is 0 Å². The first-order chi connectivity index (χ1) is 15.8. The average molecular weight is 461 g/mol. The van der Waals surface area contributed by atoms with Gasteiger partial charge in [-0.25, -0.2) is 18.2 Å². The maximum atomic E-state index is 13.6. The lowest BCUT2D eigenvalue weighted by Gasteiger charge is -2.36. The van der Waals surface area contributed by atoms with E-state index in [4.69, 9.17) is 0 Å². The number of pyridine rings is 1. The number of carbonyl (C=O) groups excluding carboxylic acids is 1. The van der Waals surface area contributed by atoms with Gasteiger partial charge in [0.25, 0.3) is 17.4 Å². The topological polar surface area (TPSA) is 105 Å². The van der Waals surface area contributed by atoms with Gasteiger partial charge in [0.1, 0.15) is 29.1 Å². The summed E-state index contributed by atoms with van der Waals surface area (Å²) in [6.45, 7) is 0. The van der Waals surface area contributed by atoms with Gasteiger partial charge in [0, 0.05) is 31.8 Å². The van der Waals surface area contributed by atoms with Crippen molar-refractivity contribution in [3.05, 3.63) is 46.5 Å². The highest BCUT2D eigenvalue weighted by Crippen LogP contribution is 2.38. The molecule has 5 rings (SSSR count). The number of nitrogens with zero attached hydrogens (tertiary/aromatic N) is 4. The maximum Gasteiger partial charge on any atom is 0.274 e. The van der Waals surface area contributed by atoms with Crippen LogP contribution in [0, 0.1) is 0 Å². The Labute approximate surface area is 186 Å². The van der Waals surface area contributed by atoms with E-state index in [0.29, 0.717) is 18.7 Å². The number of halogens is 3. The fraction of sp³-hybridized carbons (Fsp3) is 0.429. The summed E-state index contributed by atoms with van der Waals surface area (Å²) in [5.74, 6) is -2.91. The number of hydrogen-bond donors (Lipinski definition) is 3. The highest BCUT2D eigenvalue weighted by atomic mass is 19.3. The number of carbonyl (C=O) groups is 1. The number of fused-ring (bicyclic) bond motifs is 1. The number of aromatic nitrogens is 4. The SMILES string of the molecule is CNc1cc(Nc2cccn(C3CC(F)C3)c2=O)nc2c(C(=O)N[C@H]3CCC3(F)F)cnn12. The Bertz CT molecular complexity index is 1280. The summed E-state index contributed by atoms with van der Waals surface area (Å²) in [7, 11) is 1.65. The Kier molecular flexibility index (Phi) is 5.02. The summed E-state index contributed by atoms with van der Waals surface area (Å²) in [4.78, 5) is 29.9. The van der Waals surface area contributed by atoms with Crippen LogP contribution in [0.2, 0.25) is 0 Å². The Hall–Kier alpha value is -3.57. The molecule has 12 heteroatoms. The predicted molar refractivity (Wildman–Crippen MR) is 115 cm³/mol. The van der Waals surface area contributed by atoms with E-state index < -0.39 is 24.0 Å². The van der Waals surface area contributed by atoms with Gasteiger partial charge in [0.05, 0.1) is 12.2 Å². The van der Waals surface area contributed by atoms with E-state index in [1.54, 1.807) is 31.4 Å². The van der Waals surface area contributed by atoms with E-state index in [-0.39, 0.29) is 47.2 Å². The van der Waals surface area contributed by atoms with Crippen molar-refractivity contribution in [2.24, 2.45) is 0 Å². The monoisotopic (exact) mass is 461 g/mol. The first-order valence-electron chi connectivity index (χ1n) is 10.6. The van der Waals surface area contributed by atoms with Gasteiger partial charge >= 0.3 is 0 Å². The second-order valence-corrected chi connectivity index (χ2v) is 8.38. The van der Waals surface area contributed by atoms with Crippen molar-refractivity contribution in [2.75, 3.05) is 17.7 Å². The maximum absolute atomic E-state index is 13.6. The molecular weight excluding hydrogens is 439 g/mol. The Balaban J connectivity index is 1.46. The van der Waals surface area contributed by atoms with Crippen LogP contribution < -0.4 is 21.5 Å². The van der Waals surface area contributed by atoms with Crippen LogP contribution in [-0.4, -0.2) is 50.3 Å². The third-order valence-corrected chi connectivity index (χ3v) is 6.24. The normalized spacial score (nSPS) is 23.5. The summed E-state index contributed by atoms with van der Waals surface area (Å²) in [5.41, 5.74) is 0.0888. The molecule has 0 aromatic carbocycles. The van der Waals surface area contributed by atoms with Gasteiger partial charge in [-0.3, -0.25) is 9.59 Å². The molecule has 3 heterocycles. The minimum Gasteiger partial charge on any atom is -0.373 e. The van der Waals surface area contributed by atoms with Crippen LogP contribution in [0.25, 0.3) is 5.65 Å². The van der Waals surface area contributed by atoms with Crippen molar-refractivity contribution in [1.82, 2.24) is 24.5 Å². The summed E-state index contributed by atoms with van der Waals surface area (Å²) in [6.07, 6.45) is 2.52. The predicted octanol–water partition coefficient (Wildman–Crippen LogP) is 2.88. The molecule has 0 spiro atoms. The van der Waals surface area contributed by atoms with Gasteiger partial charge < -0.3 is 20.5 Å². The molecule has 3 aromatic heterocycles. The quantitative estimate of drug-likeness (QED) is 0.522. The smallest absolute Gasteiger partial charge is 0.274 e. The van der Waals surface area contributed by atoms with Crippen LogP contribution in [0.3, 0.4) is 0 Å². The van der Waals surface area contributed by atoms with E-state index in [1.165, 1.54) is 15.3 Å². The summed E-state index contributed by atoms with van der Waals surface area (Å²) in [5, 5.41) is 12.4. The molecule has 0 aliphatic heterocycles. The van der Waals surface area contributed by atoms with Crippen molar-refractivity contribution in [1.29, 1.82) is 0 Å². The second kappa shape index (κ2) is 7.78. The molecule has 0 saturated heterocycles. The molecule has 2 saturated carbocycles. The lowest BCUT2D eigenvalue weighted by atomic mass is 9.88. The highest BCUT2D eigenvalue weighted by Gasteiger charge is 2.49. The molecular formula is C21H22F3N7O2. The molecule has 3 aromatic rings. The van der Waals surface area contributed by atoms with Crippen LogP contribution >= 0.6 is 0 Å². The number of amides is 1. The number of rotatable bonds is 6. The number of hydrogen-bond acceptors (Lipinski definition) is 6. The molecule has 0 unspecified atom stereocenters. The van der Waals surface area contributed by atoms with E-state index in [1.807, 2.05) is 0 Å². The van der Waals surface area contributed by atoms with Crippen LogP contribution in [-0.2, 0) is 0 Å². The van der Waals surface area contributed by atoms with E-state index in [9.17, 15) is 22.8 Å². The zero-order valence-electron chi connectivity index (χ0n) is 17.7. The lowest BCUT2D eigenvalue weighted by Crippen LogP contribution is -2.55. The van der Waals surface area contributed by atoms with Crippen molar-refractivity contribution in [3.8, 4) is 0 Å².